The van der Waals surface area contributed by atoms with Crippen LogP contribution >= 0.6 is 0 Å². The average Bonchev–Trinajstić information content (AvgIpc) is 2.96. The van der Waals surface area contributed by atoms with Crippen LogP contribution in [0.1, 0.15) is 38.4 Å². The van der Waals surface area contributed by atoms with E-state index in [1.807, 2.05) is 17.0 Å². The van der Waals surface area contributed by atoms with Crippen LogP contribution in [0.5, 0.6) is 0 Å². The van der Waals surface area contributed by atoms with Crippen LogP contribution in [0.25, 0.3) is 0 Å². The molecule has 1 saturated heterocycles. The van der Waals surface area contributed by atoms with Crippen molar-refractivity contribution in [1.82, 2.24) is 10.2 Å². The van der Waals surface area contributed by atoms with E-state index in [0.717, 1.165) is 38.2 Å². The number of hydrogen-bond acceptors (Lipinski definition) is 3. The minimum atomic E-state index is 0.249. The number of piperidine rings is 1. The van der Waals surface area contributed by atoms with E-state index in [2.05, 4.69) is 12.2 Å². The molecule has 4 heteroatoms. The van der Waals surface area contributed by atoms with Gasteiger partial charge in [0.05, 0.1) is 6.26 Å². The van der Waals surface area contributed by atoms with Crippen LogP contribution in [-0.2, 0) is 11.2 Å². The molecular formula is C15H24N2O2. The minimum Gasteiger partial charge on any atom is -0.469 e. The topological polar surface area (TPSA) is 45.5 Å². The third-order valence-electron chi connectivity index (χ3n) is 3.62. The molecule has 0 aliphatic carbocycles. The van der Waals surface area contributed by atoms with Gasteiger partial charge in [-0.3, -0.25) is 4.79 Å². The van der Waals surface area contributed by atoms with E-state index >= 15 is 0 Å². The quantitative estimate of drug-likeness (QED) is 0.856. The molecule has 1 fully saturated rings. The van der Waals surface area contributed by atoms with E-state index in [4.69, 9.17) is 4.42 Å². The summed E-state index contributed by atoms with van der Waals surface area (Å²) in [6, 6.07) is 4.27. The van der Waals surface area contributed by atoms with Crippen LogP contribution in [0.4, 0.5) is 0 Å². The van der Waals surface area contributed by atoms with Crippen molar-refractivity contribution in [3.63, 3.8) is 0 Å². The van der Waals surface area contributed by atoms with Gasteiger partial charge in [0.2, 0.25) is 5.91 Å². The van der Waals surface area contributed by atoms with Gasteiger partial charge in [0.25, 0.3) is 0 Å². The van der Waals surface area contributed by atoms with Gasteiger partial charge in [-0.05, 0) is 37.9 Å². The molecule has 106 valence electrons. The summed E-state index contributed by atoms with van der Waals surface area (Å²) in [7, 11) is 0. The Morgan fingerprint density at radius 2 is 2.47 bits per heavy atom. The standard InChI is InChI=1S/C15H24N2O2/c1-2-9-16-13-5-3-10-17(12-13)15(18)8-7-14-6-4-11-19-14/h4,6,11,13,16H,2-3,5,7-10,12H2,1H3. The Morgan fingerprint density at radius 3 is 3.21 bits per heavy atom. The smallest absolute Gasteiger partial charge is 0.223 e. The van der Waals surface area contributed by atoms with Gasteiger partial charge in [0.1, 0.15) is 5.76 Å². The predicted molar refractivity (Wildman–Crippen MR) is 74.9 cm³/mol. The van der Waals surface area contributed by atoms with E-state index in [9.17, 15) is 4.79 Å². The van der Waals surface area contributed by atoms with Gasteiger partial charge >= 0.3 is 0 Å². The zero-order chi connectivity index (χ0) is 13.5. The number of carbonyl (C=O) groups excluding carboxylic acids is 1. The Balaban J connectivity index is 1.75. The summed E-state index contributed by atoms with van der Waals surface area (Å²) >= 11 is 0. The van der Waals surface area contributed by atoms with Crippen molar-refractivity contribution in [3.8, 4) is 0 Å². The van der Waals surface area contributed by atoms with Crippen molar-refractivity contribution in [2.45, 2.75) is 45.1 Å². The Bertz CT molecular complexity index is 376. The first-order valence-electron chi connectivity index (χ1n) is 7.33. The normalized spacial score (nSPS) is 19.6. The second-order valence-corrected chi connectivity index (χ2v) is 5.21. The second-order valence-electron chi connectivity index (χ2n) is 5.21. The molecule has 4 nitrogen and oxygen atoms in total. The lowest BCUT2D eigenvalue weighted by atomic mass is 10.0. The lowest BCUT2D eigenvalue weighted by Gasteiger charge is -2.33. The number of rotatable bonds is 6. The molecule has 2 rings (SSSR count). The van der Waals surface area contributed by atoms with E-state index in [-0.39, 0.29) is 5.91 Å². The summed E-state index contributed by atoms with van der Waals surface area (Å²) in [5.74, 6) is 1.14. The van der Waals surface area contributed by atoms with Crippen molar-refractivity contribution in [2.24, 2.45) is 0 Å². The van der Waals surface area contributed by atoms with E-state index in [1.165, 1.54) is 6.42 Å². The molecule has 1 unspecified atom stereocenters. The van der Waals surface area contributed by atoms with Gasteiger partial charge in [-0.15, -0.1) is 0 Å². The van der Waals surface area contributed by atoms with Crippen molar-refractivity contribution in [2.75, 3.05) is 19.6 Å². The van der Waals surface area contributed by atoms with Crippen LogP contribution < -0.4 is 5.32 Å². The first kappa shape index (κ1) is 14.1. The van der Waals surface area contributed by atoms with Crippen molar-refractivity contribution in [3.05, 3.63) is 24.2 Å². The van der Waals surface area contributed by atoms with Crippen LogP contribution in [0.3, 0.4) is 0 Å². The van der Waals surface area contributed by atoms with E-state index < -0.39 is 0 Å². The fourth-order valence-electron chi connectivity index (χ4n) is 2.56. The third-order valence-corrected chi connectivity index (χ3v) is 3.62. The molecule has 0 radical (unpaired) electrons. The maximum Gasteiger partial charge on any atom is 0.223 e. The zero-order valence-corrected chi connectivity index (χ0v) is 11.7. The Labute approximate surface area is 115 Å². The molecule has 1 N–H and O–H groups in total. The van der Waals surface area contributed by atoms with Crippen LogP contribution in [0.15, 0.2) is 22.8 Å². The number of hydrogen-bond donors (Lipinski definition) is 1. The SMILES string of the molecule is CCCNC1CCCN(C(=O)CCc2ccco2)C1. The largest absolute Gasteiger partial charge is 0.469 e. The molecule has 0 aromatic carbocycles. The predicted octanol–water partition coefficient (Wildman–Crippen LogP) is 2.20. The third kappa shape index (κ3) is 4.39. The highest BCUT2D eigenvalue weighted by Gasteiger charge is 2.22. The van der Waals surface area contributed by atoms with E-state index in [0.29, 0.717) is 18.9 Å². The molecule has 1 aliphatic rings. The monoisotopic (exact) mass is 264 g/mol. The van der Waals surface area contributed by atoms with Gasteiger partial charge in [-0.25, -0.2) is 0 Å². The molecule has 0 spiro atoms. The maximum absolute atomic E-state index is 12.2. The number of aryl methyl sites for hydroxylation is 1. The van der Waals surface area contributed by atoms with Crippen LogP contribution in [0.2, 0.25) is 0 Å². The summed E-state index contributed by atoms with van der Waals surface area (Å²) < 4.78 is 5.26. The number of nitrogens with zero attached hydrogens (tertiary/aromatic N) is 1. The number of nitrogens with one attached hydrogen (secondary N) is 1. The van der Waals surface area contributed by atoms with Crippen molar-refractivity contribution < 1.29 is 9.21 Å². The molecule has 1 aromatic rings. The molecule has 1 aromatic heterocycles. The Morgan fingerprint density at radius 1 is 1.58 bits per heavy atom. The van der Waals surface area contributed by atoms with Crippen LogP contribution in [0, 0.1) is 0 Å². The lowest BCUT2D eigenvalue weighted by Crippen LogP contribution is -2.48. The molecule has 1 aliphatic heterocycles. The summed E-state index contributed by atoms with van der Waals surface area (Å²) in [6.45, 7) is 4.97. The lowest BCUT2D eigenvalue weighted by molar-refractivity contribution is -0.132. The van der Waals surface area contributed by atoms with Crippen molar-refractivity contribution >= 4 is 5.91 Å². The van der Waals surface area contributed by atoms with Crippen LogP contribution in [-0.4, -0.2) is 36.5 Å². The first-order chi connectivity index (χ1) is 9.29. The average molecular weight is 264 g/mol. The fourth-order valence-corrected chi connectivity index (χ4v) is 2.56. The molecule has 1 amide bonds. The molecule has 19 heavy (non-hydrogen) atoms. The highest BCUT2D eigenvalue weighted by molar-refractivity contribution is 5.76. The highest BCUT2D eigenvalue weighted by Crippen LogP contribution is 2.13. The summed E-state index contributed by atoms with van der Waals surface area (Å²) in [5, 5.41) is 3.51. The number of likely N-dealkylation sites (tertiary alicyclic amines) is 1. The van der Waals surface area contributed by atoms with Gasteiger partial charge in [-0.1, -0.05) is 6.92 Å². The number of furan rings is 1. The zero-order valence-electron chi connectivity index (χ0n) is 11.7. The van der Waals surface area contributed by atoms with Gasteiger partial charge in [0.15, 0.2) is 0 Å². The molecule has 2 heterocycles. The van der Waals surface area contributed by atoms with E-state index in [1.54, 1.807) is 6.26 Å². The molecule has 0 bridgehead atoms. The summed E-state index contributed by atoms with van der Waals surface area (Å²) in [4.78, 5) is 14.2. The molecule has 0 saturated carbocycles. The Kier molecular flexibility index (Phi) is 5.45. The number of carbonyl (C=O) groups is 1. The molecule has 1 atom stereocenters. The molecular weight excluding hydrogens is 240 g/mol. The summed E-state index contributed by atoms with van der Waals surface area (Å²) in [6.07, 6.45) is 6.34. The van der Waals surface area contributed by atoms with Gasteiger partial charge in [-0.2, -0.15) is 0 Å². The number of amides is 1. The van der Waals surface area contributed by atoms with Crippen molar-refractivity contribution in [1.29, 1.82) is 0 Å². The highest BCUT2D eigenvalue weighted by atomic mass is 16.3. The second kappa shape index (κ2) is 7.34. The fraction of sp³-hybridized carbons (Fsp3) is 0.667. The summed E-state index contributed by atoms with van der Waals surface area (Å²) in [5.41, 5.74) is 0. The Hall–Kier alpha value is -1.29. The van der Waals surface area contributed by atoms with Gasteiger partial charge in [0, 0.05) is 32.0 Å². The maximum atomic E-state index is 12.2. The van der Waals surface area contributed by atoms with Gasteiger partial charge < -0.3 is 14.6 Å². The minimum absolute atomic E-state index is 0.249. The first-order valence-corrected chi connectivity index (χ1v) is 7.33.